The van der Waals surface area contributed by atoms with Crippen molar-refractivity contribution in [1.29, 1.82) is 0 Å². The molecule has 0 bridgehead atoms. The lowest BCUT2D eigenvalue weighted by atomic mass is 10.0. The third-order valence-corrected chi connectivity index (χ3v) is 2.69. The van der Waals surface area contributed by atoms with E-state index in [1.54, 1.807) is 12.1 Å². The second-order valence-electron chi connectivity index (χ2n) is 3.27. The minimum absolute atomic E-state index is 0.0151. The van der Waals surface area contributed by atoms with Crippen molar-refractivity contribution in [3.05, 3.63) is 41.5 Å². The van der Waals surface area contributed by atoms with Crippen LogP contribution in [0.2, 0.25) is 0 Å². The van der Waals surface area contributed by atoms with Crippen LogP contribution in [-0.2, 0) is 5.88 Å². The standard InChI is InChI=1S/C12H9ClO2/c13-6-9-5-8-3-1-2-4-10(8)11(7-14)12(9)15/h1-5,7,15H,6H2. The Balaban J connectivity index is 2.89. The van der Waals surface area contributed by atoms with E-state index in [0.717, 1.165) is 10.8 Å². The molecule has 15 heavy (non-hydrogen) atoms. The zero-order chi connectivity index (χ0) is 10.8. The van der Waals surface area contributed by atoms with Crippen LogP contribution in [0.5, 0.6) is 5.75 Å². The monoisotopic (exact) mass is 220 g/mol. The normalized spacial score (nSPS) is 10.5. The fourth-order valence-electron chi connectivity index (χ4n) is 1.65. The van der Waals surface area contributed by atoms with Crippen LogP contribution in [0.4, 0.5) is 0 Å². The summed E-state index contributed by atoms with van der Waals surface area (Å²) in [4.78, 5) is 10.9. The molecule has 1 N–H and O–H groups in total. The summed E-state index contributed by atoms with van der Waals surface area (Å²) in [6, 6.07) is 9.19. The van der Waals surface area contributed by atoms with Gasteiger partial charge in [-0.3, -0.25) is 4.79 Å². The molecule has 2 aromatic carbocycles. The van der Waals surface area contributed by atoms with Gasteiger partial charge in [0.25, 0.3) is 0 Å². The lowest BCUT2D eigenvalue weighted by Gasteiger charge is -2.07. The van der Waals surface area contributed by atoms with Crippen molar-refractivity contribution in [3.8, 4) is 5.75 Å². The summed E-state index contributed by atoms with van der Waals surface area (Å²) >= 11 is 5.69. The van der Waals surface area contributed by atoms with Gasteiger partial charge >= 0.3 is 0 Å². The van der Waals surface area contributed by atoms with Gasteiger partial charge in [-0.05, 0) is 16.8 Å². The van der Waals surface area contributed by atoms with Crippen LogP contribution in [0.1, 0.15) is 15.9 Å². The summed E-state index contributed by atoms with van der Waals surface area (Å²) in [5.74, 6) is 0.177. The third-order valence-electron chi connectivity index (χ3n) is 2.40. The number of alkyl halides is 1. The summed E-state index contributed by atoms with van der Waals surface area (Å²) in [5.41, 5.74) is 0.890. The highest BCUT2D eigenvalue weighted by Crippen LogP contribution is 2.30. The Hall–Kier alpha value is -1.54. The number of hydrogen-bond donors (Lipinski definition) is 1. The quantitative estimate of drug-likeness (QED) is 0.624. The molecule has 0 saturated heterocycles. The van der Waals surface area contributed by atoms with Crippen molar-refractivity contribution in [3.63, 3.8) is 0 Å². The molecule has 76 valence electrons. The van der Waals surface area contributed by atoms with Crippen LogP contribution in [0.15, 0.2) is 30.3 Å². The predicted octanol–water partition coefficient (Wildman–Crippen LogP) is 3.10. The van der Waals surface area contributed by atoms with E-state index >= 15 is 0 Å². The molecule has 2 nitrogen and oxygen atoms in total. The van der Waals surface area contributed by atoms with Gasteiger partial charge in [0, 0.05) is 5.56 Å². The first-order chi connectivity index (χ1) is 7.27. The van der Waals surface area contributed by atoms with Gasteiger partial charge in [0.05, 0.1) is 11.4 Å². The number of fused-ring (bicyclic) bond motifs is 1. The van der Waals surface area contributed by atoms with Gasteiger partial charge in [-0.15, -0.1) is 11.6 Å². The first-order valence-corrected chi connectivity index (χ1v) is 5.06. The molecule has 2 aromatic rings. The number of halogens is 1. The smallest absolute Gasteiger partial charge is 0.154 e. The number of rotatable bonds is 2. The number of carbonyl (C=O) groups excluding carboxylic acids is 1. The van der Waals surface area contributed by atoms with Gasteiger partial charge in [0.1, 0.15) is 5.75 Å². The number of benzene rings is 2. The van der Waals surface area contributed by atoms with Crippen LogP contribution < -0.4 is 0 Å². The van der Waals surface area contributed by atoms with E-state index in [2.05, 4.69) is 0 Å². The summed E-state index contributed by atoms with van der Waals surface area (Å²) in [7, 11) is 0. The van der Waals surface area contributed by atoms with E-state index in [1.165, 1.54) is 0 Å². The van der Waals surface area contributed by atoms with Crippen LogP contribution in [0, 0.1) is 0 Å². The Labute approximate surface area is 92.1 Å². The number of aromatic hydroxyl groups is 1. The van der Waals surface area contributed by atoms with Crippen LogP contribution >= 0.6 is 11.6 Å². The highest BCUT2D eigenvalue weighted by atomic mass is 35.5. The highest BCUT2D eigenvalue weighted by molar-refractivity contribution is 6.17. The molecule has 2 rings (SSSR count). The molecule has 0 aliphatic rings. The van der Waals surface area contributed by atoms with E-state index in [1.807, 2.05) is 18.2 Å². The van der Waals surface area contributed by atoms with Crippen molar-refractivity contribution in [2.45, 2.75) is 5.88 Å². The second kappa shape index (κ2) is 3.91. The van der Waals surface area contributed by atoms with Gasteiger partial charge in [-0.1, -0.05) is 24.3 Å². The Morgan fingerprint density at radius 2 is 2.07 bits per heavy atom. The Kier molecular flexibility index (Phi) is 2.60. The highest BCUT2D eigenvalue weighted by Gasteiger charge is 2.10. The first kappa shape index (κ1) is 9.99. The Bertz CT molecular complexity index is 520. The van der Waals surface area contributed by atoms with Crippen molar-refractivity contribution >= 4 is 28.7 Å². The second-order valence-corrected chi connectivity index (χ2v) is 3.54. The van der Waals surface area contributed by atoms with Gasteiger partial charge in [-0.25, -0.2) is 0 Å². The van der Waals surface area contributed by atoms with Crippen LogP contribution in [0.25, 0.3) is 10.8 Å². The Morgan fingerprint density at radius 3 is 2.73 bits per heavy atom. The van der Waals surface area contributed by atoms with Crippen molar-refractivity contribution in [2.24, 2.45) is 0 Å². The molecule has 3 heteroatoms. The molecule has 0 aliphatic heterocycles. The van der Waals surface area contributed by atoms with Gasteiger partial charge < -0.3 is 5.11 Å². The summed E-state index contributed by atoms with van der Waals surface area (Å²) in [6.07, 6.45) is 0.660. The van der Waals surface area contributed by atoms with E-state index in [0.29, 0.717) is 17.4 Å². The molecule has 0 radical (unpaired) electrons. The average Bonchev–Trinajstić information content (AvgIpc) is 2.28. The minimum atomic E-state index is -0.0151. The lowest BCUT2D eigenvalue weighted by Crippen LogP contribution is -1.90. The van der Waals surface area contributed by atoms with E-state index in [4.69, 9.17) is 11.6 Å². The maximum absolute atomic E-state index is 10.9. The summed E-state index contributed by atoms with van der Waals surface area (Å²) < 4.78 is 0. The fourth-order valence-corrected chi connectivity index (χ4v) is 1.85. The molecule has 0 saturated carbocycles. The van der Waals surface area contributed by atoms with Crippen molar-refractivity contribution in [2.75, 3.05) is 0 Å². The topological polar surface area (TPSA) is 37.3 Å². The number of aldehydes is 1. The third kappa shape index (κ3) is 1.57. The predicted molar refractivity (Wildman–Crippen MR) is 60.6 cm³/mol. The van der Waals surface area contributed by atoms with E-state index in [9.17, 15) is 9.90 Å². The minimum Gasteiger partial charge on any atom is -0.507 e. The SMILES string of the molecule is O=Cc1c(O)c(CCl)cc2ccccc12. The molecule has 0 spiro atoms. The Morgan fingerprint density at radius 1 is 1.33 bits per heavy atom. The number of carbonyl (C=O) groups is 1. The van der Waals surface area contributed by atoms with Crippen LogP contribution in [0.3, 0.4) is 0 Å². The number of hydrogen-bond acceptors (Lipinski definition) is 2. The van der Waals surface area contributed by atoms with Crippen LogP contribution in [-0.4, -0.2) is 11.4 Å². The number of phenols is 1. The first-order valence-electron chi connectivity index (χ1n) is 4.52. The van der Waals surface area contributed by atoms with Crippen molar-refractivity contribution in [1.82, 2.24) is 0 Å². The molecule has 0 fully saturated rings. The maximum Gasteiger partial charge on any atom is 0.154 e. The molecule has 0 atom stereocenters. The van der Waals surface area contributed by atoms with Gasteiger partial charge in [0.15, 0.2) is 6.29 Å². The lowest BCUT2D eigenvalue weighted by molar-refractivity contribution is 0.112. The number of phenolic OH excluding ortho intramolecular Hbond substituents is 1. The molecule has 0 aromatic heterocycles. The zero-order valence-electron chi connectivity index (χ0n) is 7.90. The zero-order valence-corrected chi connectivity index (χ0v) is 8.66. The summed E-state index contributed by atoms with van der Waals surface area (Å²) in [6.45, 7) is 0. The largest absolute Gasteiger partial charge is 0.507 e. The fraction of sp³-hybridized carbons (Fsp3) is 0.0833. The van der Waals surface area contributed by atoms with Gasteiger partial charge in [-0.2, -0.15) is 0 Å². The maximum atomic E-state index is 10.9. The molecule has 0 unspecified atom stereocenters. The molecule has 0 heterocycles. The van der Waals surface area contributed by atoms with E-state index < -0.39 is 0 Å². The van der Waals surface area contributed by atoms with Gasteiger partial charge in [0.2, 0.25) is 0 Å². The van der Waals surface area contributed by atoms with Crippen molar-refractivity contribution < 1.29 is 9.90 Å². The molecule has 0 amide bonds. The summed E-state index contributed by atoms with van der Waals surface area (Å²) in [5, 5.41) is 11.4. The molecular weight excluding hydrogens is 212 g/mol. The van der Waals surface area contributed by atoms with E-state index in [-0.39, 0.29) is 11.6 Å². The molecule has 0 aliphatic carbocycles. The average molecular weight is 221 g/mol. The molecular formula is C12H9ClO2.